The van der Waals surface area contributed by atoms with Gasteiger partial charge in [0, 0.05) is 38.1 Å². The second kappa shape index (κ2) is 7.23. The first-order valence-electron chi connectivity index (χ1n) is 7.50. The van der Waals surface area contributed by atoms with Gasteiger partial charge in [-0.05, 0) is 44.2 Å². The zero-order valence-electron chi connectivity index (χ0n) is 13.3. The molecule has 2 rings (SSSR count). The summed E-state index contributed by atoms with van der Waals surface area (Å²) in [6.45, 7) is 8.63. The van der Waals surface area contributed by atoms with Gasteiger partial charge >= 0.3 is 0 Å². The number of hydrogen-bond donors (Lipinski definition) is 1. The lowest BCUT2D eigenvalue weighted by molar-refractivity contribution is 0.186. The van der Waals surface area contributed by atoms with Crippen molar-refractivity contribution in [1.82, 2.24) is 9.80 Å². The Balaban J connectivity index is 2.21. The second-order valence-corrected chi connectivity index (χ2v) is 5.73. The smallest absolute Gasteiger partial charge is 0.0303 e. The molecule has 1 N–H and O–H groups in total. The number of rotatable bonds is 4. The van der Waals surface area contributed by atoms with Crippen molar-refractivity contribution >= 4 is 11.8 Å². The van der Waals surface area contributed by atoms with E-state index in [0.717, 1.165) is 31.8 Å². The van der Waals surface area contributed by atoms with Crippen LogP contribution in [0.3, 0.4) is 0 Å². The highest BCUT2D eigenvalue weighted by Gasteiger charge is 2.14. The molecule has 1 aromatic rings. The fourth-order valence-electron chi connectivity index (χ4n) is 2.62. The maximum Gasteiger partial charge on any atom is 0.0303 e. The Bertz CT molecular complexity index is 549. The lowest BCUT2D eigenvalue weighted by Gasteiger charge is -2.34. The number of likely N-dealkylation sites (N-methyl/N-ethyl adjacent to an activating group) is 1. The van der Waals surface area contributed by atoms with Crippen molar-refractivity contribution in [2.75, 3.05) is 33.2 Å². The third-order valence-corrected chi connectivity index (χ3v) is 3.98. The molecule has 0 unspecified atom stereocenters. The van der Waals surface area contributed by atoms with Crippen LogP contribution in [0.15, 0.2) is 42.1 Å². The van der Waals surface area contributed by atoms with Gasteiger partial charge in [-0.2, -0.15) is 0 Å². The van der Waals surface area contributed by atoms with Gasteiger partial charge in [0.05, 0.1) is 0 Å². The zero-order valence-corrected chi connectivity index (χ0v) is 13.3. The maximum absolute atomic E-state index is 7.40. The van der Waals surface area contributed by atoms with Crippen LogP contribution >= 0.6 is 0 Å². The van der Waals surface area contributed by atoms with Crippen molar-refractivity contribution in [2.24, 2.45) is 0 Å². The van der Waals surface area contributed by atoms with Crippen molar-refractivity contribution in [2.45, 2.75) is 13.8 Å². The van der Waals surface area contributed by atoms with Gasteiger partial charge in [-0.1, -0.05) is 29.8 Å². The molecule has 0 amide bonds. The normalized spacial score (nSPS) is 18.0. The molecule has 1 heterocycles. The average Bonchev–Trinajstić information content (AvgIpc) is 2.47. The lowest BCUT2D eigenvalue weighted by Crippen LogP contribution is -2.43. The van der Waals surface area contributed by atoms with Crippen molar-refractivity contribution in [1.29, 1.82) is 5.41 Å². The van der Waals surface area contributed by atoms with E-state index >= 15 is 0 Å². The van der Waals surface area contributed by atoms with Gasteiger partial charge in [0.25, 0.3) is 0 Å². The Morgan fingerprint density at radius 3 is 2.52 bits per heavy atom. The van der Waals surface area contributed by atoms with E-state index in [9.17, 15) is 0 Å². The topological polar surface area (TPSA) is 30.3 Å². The number of piperazine rings is 1. The highest BCUT2D eigenvalue weighted by molar-refractivity contribution is 5.87. The van der Waals surface area contributed by atoms with Crippen LogP contribution in [-0.2, 0) is 0 Å². The van der Waals surface area contributed by atoms with Crippen LogP contribution in [0.5, 0.6) is 0 Å². The molecule has 0 aromatic heterocycles. The molecule has 1 fully saturated rings. The predicted molar refractivity (Wildman–Crippen MR) is 90.8 cm³/mol. The summed E-state index contributed by atoms with van der Waals surface area (Å²) < 4.78 is 0. The largest absolute Gasteiger partial charge is 0.372 e. The van der Waals surface area contributed by atoms with E-state index in [-0.39, 0.29) is 0 Å². The van der Waals surface area contributed by atoms with Crippen LogP contribution in [0.4, 0.5) is 0 Å². The lowest BCUT2D eigenvalue weighted by atomic mass is 10.0. The Kier molecular flexibility index (Phi) is 5.34. The van der Waals surface area contributed by atoms with Crippen LogP contribution < -0.4 is 0 Å². The molecular formula is C18H25N3. The van der Waals surface area contributed by atoms with Gasteiger partial charge in [0.2, 0.25) is 0 Å². The molecule has 3 nitrogen and oxygen atoms in total. The van der Waals surface area contributed by atoms with Gasteiger partial charge in [-0.3, -0.25) is 0 Å². The van der Waals surface area contributed by atoms with Crippen molar-refractivity contribution in [3.05, 3.63) is 53.2 Å². The molecule has 0 radical (unpaired) electrons. The summed E-state index contributed by atoms with van der Waals surface area (Å²) in [4.78, 5) is 4.78. The highest BCUT2D eigenvalue weighted by atomic mass is 15.2. The third kappa shape index (κ3) is 4.30. The van der Waals surface area contributed by atoms with E-state index in [1.165, 1.54) is 23.0 Å². The molecule has 1 saturated heterocycles. The monoisotopic (exact) mass is 283 g/mol. The van der Waals surface area contributed by atoms with Crippen LogP contribution in [0, 0.1) is 12.3 Å². The van der Waals surface area contributed by atoms with Gasteiger partial charge in [0.1, 0.15) is 0 Å². The molecular weight excluding hydrogens is 258 g/mol. The standard InChI is InChI=1S/C18H25N3/c1-15-5-4-6-17(13-15)18(7-8-19)14-16(2)21-11-9-20(3)10-12-21/h4-8,13-14,19H,9-12H2,1-3H3/b16-14+,18-7+,19-8?. The van der Waals surface area contributed by atoms with Gasteiger partial charge in [-0.15, -0.1) is 0 Å². The summed E-state index contributed by atoms with van der Waals surface area (Å²) in [7, 11) is 2.17. The molecule has 3 heteroatoms. The number of hydrogen-bond acceptors (Lipinski definition) is 3. The van der Waals surface area contributed by atoms with Gasteiger partial charge in [-0.25, -0.2) is 0 Å². The van der Waals surface area contributed by atoms with E-state index in [1.807, 2.05) is 6.08 Å². The average molecular weight is 283 g/mol. The SMILES string of the molecule is C/C(=C\C(=C/C=N)c1cccc(C)c1)N1CCN(C)CC1. The van der Waals surface area contributed by atoms with Crippen LogP contribution in [0.25, 0.3) is 5.57 Å². The Labute approximate surface area is 128 Å². The molecule has 1 aromatic carbocycles. The van der Waals surface area contributed by atoms with Crippen molar-refractivity contribution < 1.29 is 0 Å². The zero-order chi connectivity index (χ0) is 15.2. The van der Waals surface area contributed by atoms with Gasteiger partial charge < -0.3 is 15.2 Å². The van der Waals surface area contributed by atoms with Gasteiger partial charge in [0.15, 0.2) is 0 Å². The molecule has 0 bridgehead atoms. The minimum absolute atomic E-state index is 1.07. The van der Waals surface area contributed by atoms with Crippen LogP contribution in [0.1, 0.15) is 18.1 Å². The molecule has 1 aliphatic heterocycles. The minimum atomic E-state index is 1.07. The number of aryl methyl sites for hydroxylation is 1. The number of nitrogens with zero attached hydrogens (tertiary/aromatic N) is 2. The molecule has 0 saturated carbocycles. The van der Waals surface area contributed by atoms with Crippen LogP contribution in [0.2, 0.25) is 0 Å². The van der Waals surface area contributed by atoms with E-state index in [0.29, 0.717) is 0 Å². The van der Waals surface area contributed by atoms with Crippen molar-refractivity contribution in [3.8, 4) is 0 Å². The first kappa shape index (κ1) is 15.5. The third-order valence-electron chi connectivity index (χ3n) is 3.98. The minimum Gasteiger partial charge on any atom is -0.372 e. The fourth-order valence-corrected chi connectivity index (χ4v) is 2.62. The quantitative estimate of drug-likeness (QED) is 0.679. The van der Waals surface area contributed by atoms with Crippen molar-refractivity contribution in [3.63, 3.8) is 0 Å². The first-order valence-corrected chi connectivity index (χ1v) is 7.50. The fraction of sp³-hybridized carbons (Fsp3) is 0.389. The van der Waals surface area contributed by atoms with E-state index in [1.54, 1.807) is 0 Å². The van der Waals surface area contributed by atoms with E-state index in [4.69, 9.17) is 5.41 Å². The second-order valence-electron chi connectivity index (χ2n) is 5.73. The summed E-state index contributed by atoms with van der Waals surface area (Å²) in [5.74, 6) is 0. The molecule has 1 aliphatic rings. The summed E-state index contributed by atoms with van der Waals surface area (Å²) in [6, 6.07) is 8.45. The molecule has 0 spiro atoms. The molecule has 0 atom stereocenters. The Hall–Kier alpha value is -1.87. The Morgan fingerprint density at radius 1 is 1.19 bits per heavy atom. The van der Waals surface area contributed by atoms with Crippen LogP contribution in [-0.4, -0.2) is 49.2 Å². The molecule has 112 valence electrons. The molecule has 0 aliphatic carbocycles. The first-order chi connectivity index (χ1) is 10.1. The summed E-state index contributed by atoms with van der Waals surface area (Å²) >= 11 is 0. The summed E-state index contributed by atoms with van der Waals surface area (Å²) in [6.07, 6.45) is 5.44. The predicted octanol–water partition coefficient (Wildman–Crippen LogP) is 3.18. The van der Waals surface area contributed by atoms with E-state index < -0.39 is 0 Å². The maximum atomic E-state index is 7.40. The molecule has 21 heavy (non-hydrogen) atoms. The summed E-state index contributed by atoms with van der Waals surface area (Å²) in [5.41, 5.74) is 4.80. The number of allylic oxidation sites excluding steroid dienone is 4. The Morgan fingerprint density at radius 2 is 1.90 bits per heavy atom. The number of benzene rings is 1. The number of nitrogens with one attached hydrogen (secondary N) is 1. The highest BCUT2D eigenvalue weighted by Crippen LogP contribution is 2.20. The van der Waals surface area contributed by atoms with E-state index in [2.05, 4.69) is 61.0 Å². The summed E-state index contributed by atoms with van der Waals surface area (Å²) in [5, 5.41) is 7.40.